The molecule has 0 aliphatic heterocycles. The molecule has 5 nitrogen and oxygen atoms in total. The van der Waals surface area contributed by atoms with E-state index in [0.29, 0.717) is 6.54 Å². The van der Waals surface area contributed by atoms with Crippen LogP contribution < -0.4 is 16.6 Å². The summed E-state index contributed by atoms with van der Waals surface area (Å²) in [6.45, 7) is 1.44. The van der Waals surface area contributed by atoms with Gasteiger partial charge in [-0.15, -0.1) is 0 Å². The maximum Gasteiger partial charge on any atom is 0.330 e. The van der Waals surface area contributed by atoms with Crippen molar-refractivity contribution in [2.45, 2.75) is 13.0 Å². The van der Waals surface area contributed by atoms with Crippen LogP contribution in [0.1, 0.15) is 12.1 Å². The van der Waals surface area contributed by atoms with Crippen molar-refractivity contribution in [3.63, 3.8) is 0 Å². The van der Waals surface area contributed by atoms with Crippen LogP contribution in [0.25, 0.3) is 0 Å². The molecule has 96 valence electrons. The molecule has 1 aromatic rings. The van der Waals surface area contributed by atoms with Gasteiger partial charge in [-0.2, -0.15) is 11.8 Å². The summed E-state index contributed by atoms with van der Waals surface area (Å²) in [5.41, 5.74) is 0.190. The van der Waals surface area contributed by atoms with Crippen LogP contribution in [-0.4, -0.2) is 27.7 Å². The highest BCUT2D eigenvalue weighted by Crippen LogP contribution is 1.94. The molecule has 0 bridgehead atoms. The van der Waals surface area contributed by atoms with Gasteiger partial charge in [0, 0.05) is 32.4 Å². The number of hydrogen-bond donors (Lipinski definition) is 1. The topological polar surface area (TPSA) is 56.0 Å². The van der Waals surface area contributed by atoms with Gasteiger partial charge in [-0.25, -0.2) is 4.79 Å². The highest BCUT2D eigenvalue weighted by atomic mass is 32.2. The van der Waals surface area contributed by atoms with Crippen LogP contribution in [0.2, 0.25) is 0 Å². The van der Waals surface area contributed by atoms with E-state index in [0.717, 1.165) is 29.0 Å². The van der Waals surface area contributed by atoms with Gasteiger partial charge in [-0.1, -0.05) is 0 Å². The zero-order valence-corrected chi connectivity index (χ0v) is 11.3. The molecule has 1 rings (SSSR count). The van der Waals surface area contributed by atoms with Crippen LogP contribution in [0, 0.1) is 0 Å². The molecule has 6 heteroatoms. The molecule has 0 fully saturated rings. The Morgan fingerprint density at radius 1 is 1.29 bits per heavy atom. The number of aromatic nitrogens is 2. The highest BCUT2D eigenvalue weighted by Gasteiger charge is 2.04. The largest absolute Gasteiger partial charge is 0.330 e. The van der Waals surface area contributed by atoms with E-state index in [1.165, 1.54) is 17.7 Å². The third kappa shape index (κ3) is 3.74. The molecule has 0 aliphatic carbocycles. The van der Waals surface area contributed by atoms with Crippen LogP contribution in [0.15, 0.2) is 15.7 Å². The lowest BCUT2D eigenvalue weighted by Gasteiger charge is -2.10. The third-order valence-electron chi connectivity index (χ3n) is 2.63. The van der Waals surface area contributed by atoms with Gasteiger partial charge in [-0.3, -0.25) is 13.9 Å². The fourth-order valence-electron chi connectivity index (χ4n) is 1.51. The molecule has 0 atom stereocenters. The second-order valence-electron chi connectivity index (χ2n) is 3.90. The van der Waals surface area contributed by atoms with E-state index in [2.05, 4.69) is 11.6 Å². The second-order valence-corrected chi connectivity index (χ2v) is 4.88. The van der Waals surface area contributed by atoms with Crippen molar-refractivity contribution in [3.8, 4) is 0 Å². The summed E-state index contributed by atoms with van der Waals surface area (Å²) in [6, 6.07) is 1.50. The third-order valence-corrected chi connectivity index (χ3v) is 3.33. The fourth-order valence-corrected chi connectivity index (χ4v) is 1.94. The quantitative estimate of drug-likeness (QED) is 0.725. The van der Waals surface area contributed by atoms with E-state index >= 15 is 0 Å². The van der Waals surface area contributed by atoms with Gasteiger partial charge in [0.25, 0.3) is 5.56 Å². The van der Waals surface area contributed by atoms with Gasteiger partial charge >= 0.3 is 5.69 Å². The van der Waals surface area contributed by atoms with E-state index in [9.17, 15) is 9.59 Å². The van der Waals surface area contributed by atoms with Gasteiger partial charge in [0.2, 0.25) is 0 Å². The van der Waals surface area contributed by atoms with Crippen molar-refractivity contribution < 1.29 is 0 Å². The van der Waals surface area contributed by atoms with E-state index in [4.69, 9.17) is 0 Å². The molecule has 0 aliphatic rings. The predicted molar refractivity (Wildman–Crippen MR) is 71.6 cm³/mol. The summed E-state index contributed by atoms with van der Waals surface area (Å²) in [6.07, 6.45) is 3.16. The Balaban J connectivity index is 2.66. The molecule has 0 unspecified atom stereocenters. The Hall–Kier alpha value is -1.01. The van der Waals surface area contributed by atoms with Gasteiger partial charge in [0.1, 0.15) is 0 Å². The average Bonchev–Trinajstić information content (AvgIpc) is 2.32. The normalized spacial score (nSPS) is 10.8. The molecule has 0 saturated heterocycles. The number of hydrogen-bond acceptors (Lipinski definition) is 4. The van der Waals surface area contributed by atoms with Gasteiger partial charge < -0.3 is 5.32 Å². The molecule has 0 radical (unpaired) electrons. The number of nitrogens with one attached hydrogen (secondary N) is 1. The highest BCUT2D eigenvalue weighted by molar-refractivity contribution is 7.98. The average molecular weight is 257 g/mol. The van der Waals surface area contributed by atoms with Crippen molar-refractivity contribution in [1.82, 2.24) is 14.5 Å². The smallest absolute Gasteiger partial charge is 0.311 e. The van der Waals surface area contributed by atoms with Crippen molar-refractivity contribution in [1.29, 1.82) is 0 Å². The molecule has 1 N–H and O–H groups in total. The van der Waals surface area contributed by atoms with Gasteiger partial charge in [0.05, 0.1) is 0 Å². The van der Waals surface area contributed by atoms with Crippen molar-refractivity contribution >= 4 is 11.8 Å². The summed E-state index contributed by atoms with van der Waals surface area (Å²) < 4.78 is 2.61. The first-order valence-corrected chi connectivity index (χ1v) is 6.93. The minimum atomic E-state index is -0.279. The van der Waals surface area contributed by atoms with Crippen molar-refractivity contribution in [2.24, 2.45) is 14.1 Å². The monoisotopic (exact) mass is 257 g/mol. The zero-order chi connectivity index (χ0) is 12.8. The first kappa shape index (κ1) is 14.1. The van der Waals surface area contributed by atoms with E-state index < -0.39 is 0 Å². The summed E-state index contributed by atoms with van der Waals surface area (Å²) in [5, 5.41) is 3.23. The fraction of sp³-hybridized carbons (Fsp3) is 0.636. The summed E-state index contributed by atoms with van der Waals surface area (Å²) in [7, 11) is 3.17. The Bertz CT molecular complexity index is 479. The second kappa shape index (κ2) is 6.66. The van der Waals surface area contributed by atoms with Crippen LogP contribution in [0.5, 0.6) is 0 Å². The standard InChI is InChI=1S/C11H19N3O2S/c1-13-9(8-12-5-4-6-17-3)7-10(15)14(2)11(13)16/h7,12H,4-6,8H2,1-3H3. The Kier molecular flexibility index (Phi) is 5.50. The molecule has 0 amide bonds. The SMILES string of the molecule is CSCCCNCc1cc(=O)n(C)c(=O)n1C. The lowest BCUT2D eigenvalue weighted by molar-refractivity contribution is 0.598. The summed E-state index contributed by atoms with van der Waals surface area (Å²) in [5.74, 6) is 1.11. The molecule has 0 saturated carbocycles. The van der Waals surface area contributed by atoms with E-state index in [-0.39, 0.29) is 11.2 Å². The Labute approximate surface area is 105 Å². The zero-order valence-electron chi connectivity index (χ0n) is 10.5. The minimum absolute atomic E-state index is 0.256. The number of nitrogens with zero attached hydrogens (tertiary/aromatic N) is 2. The lowest BCUT2D eigenvalue weighted by Crippen LogP contribution is -2.39. The molecule has 17 heavy (non-hydrogen) atoms. The van der Waals surface area contributed by atoms with Gasteiger partial charge in [0.15, 0.2) is 0 Å². The van der Waals surface area contributed by atoms with Crippen molar-refractivity contribution in [3.05, 3.63) is 32.6 Å². The van der Waals surface area contributed by atoms with Gasteiger partial charge in [-0.05, 0) is 25.0 Å². The maximum atomic E-state index is 11.6. The maximum absolute atomic E-state index is 11.6. The first-order valence-electron chi connectivity index (χ1n) is 5.53. The minimum Gasteiger partial charge on any atom is -0.311 e. The molecular weight excluding hydrogens is 238 g/mol. The molecule has 1 aromatic heterocycles. The van der Waals surface area contributed by atoms with E-state index in [1.807, 2.05) is 11.8 Å². The number of thioether (sulfide) groups is 1. The summed E-state index contributed by atoms with van der Waals surface area (Å²) in [4.78, 5) is 23.1. The Morgan fingerprint density at radius 3 is 2.65 bits per heavy atom. The van der Waals surface area contributed by atoms with Crippen LogP contribution in [-0.2, 0) is 20.6 Å². The molecule has 0 spiro atoms. The molecule has 1 heterocycles. The summed E-state index contributed by atoms with van der Waals surface area (Å²) >= 11 is 1.81. The first-order chi connectivity index (χ1) is 8.07. The van der Waals surface area contributed by atoms with Crippen molar-refractivity contribution in [2.75, 3.05) is 18.6 Å². The van der Waals surface area contributed by atoms with E-state index in [1.54, 1.807) is 7.05 Å². The van der Waals surface area contributed by atoms with Crippen LogP contribution in [0.3, 0.4) is 0 Å². The molecule has 0 aromatic carbocycles. The molecular formula is C11H19N3O2S. The lowest BCUT2D eigenvalue weighted by atomic mass is 10.3. The number of rotatable bonds is 6. The Morgan fingerprint density at radius 2 is 2.00 bits per heavy atom. The van der Waals surface area contributed by atoms with Crippen LogP contribution >= 0.6 is 11.8 Å². The van der Waals surface area contributed by atoms with Crippen LogP contribution in [0.4, 0.5) is 0 Å². The predicted octanol–water partition coefficient (Wildman–Crippen LogP) is -0.0733.